The Hall–Kier alpha value is -0.303. The molecule has 1 rings (SSSR count). The molecule has 0 nitrogen and oxygen atoms in total. The Morgan fingerprint density at radius 3 is 1.59 bits per heavy atom. The third-order valence-electron chi connectivity index (χ3n) is 4.76. The van der Waals surface area contributed by atoms with E-state index in [0.717, 1.165) is 16.6 Å². The molecule has 0 unspecified atom stereocenters. The second kappa shape index (κ2) is 5.56. The molecule has 0 aliphatic heterocycles. The van der Waals surface area contributed by atoms with Crippen LogP contribution in [0.2, 0.25) is 16.6 Å². The predicted molar refractivity (Wildman–Crippen MR) is 82.1 cm³/mol. The molecule has 0 aromatic rings. The summed E-state index contributed by atoms with van der Waals surface area (Å²) >= 11 is 0. The molecule has 0 aromatic heterocycles. The van der Waals surface area contributed by atoms with Gasteiger partial charge in [-0.2, -0.15) is 0 Å². The highest BCUT2D eigenvalue weighted by Crippen LogP contribution is 2.48. The summed E-state index contributed by atoms with van der Waals surface area (Å²) in [6.07, 6.45) is 7.45. The fourth-order valence-electron chi connectivity index (χ4n) is 4.20. The maximum Gasteiger partial charge on any atom is 0.0891 e. The molecule has 0 fully saturated rings. The van der Waals surface area contributed by atoms with Crippen molar-refractivity contribution in [3.63, 3.8) is 0 Å². The molecule has 98 valence electrons. The maximum atomic E-state index is 2.57. The van der Waals surface area contributed by atoms with Crippen LogP contribution >= 0.6 is 0 Å². The fourth-order valence-corrected chi connectivity index (χ4v) is 11.3. The second-order valence-corrected chi connectivity index (χ2v) is 12.6. The summed E-state index contributed by atoms with van der Waals surface area (Å²) < 4.78 is 0. The van der Waals surface area contributed by atoms with Crippen molar-refractivity contribution in [2.45, 2.75) is 77.9 Å². The molecule has 0 radical (unpaired) electrons. The summed E-state index contributed by atoms with van der Waals surface area (Å²) in [5.74, 6) is 0. The minimum absolute atomic E-state index is 0.848. The van der Waals surface area contributed by atoms with E-state index >= 15 is 0 Å². The minimum Gasteiger partial charge on any atom is -0.0847 e. The van der Waals surface area contributed by atoms with Crippen molar-refractivity contribution in [2.24, 2.45) is 0 Å². The Kier molecular flexibility index (Phi) is 4.83. The van der Waals surface area contributed by atoms with Crippen molar-refractivity contribution in [1.29, 1.82) is 0 Å². The van der Waals surface area contributed by atoms with E-state index in [9.17, 15) is 0 Å². The Morgan fingerprint density at radius 2 is 1.29 bits per heavy atom. The molecule has 0 N–H and O–H groups in total. The molecular weight excluding hydrogens is 220 g/mol. The lowest BCUT2D eigenvalue weighted by molar-refractivity contribution is 0.814. The quantitative estimate of drug-likeness (QED) is 0.432. The Balaban J connectivity index is 3.15. The maximum absolute atomic E-state index is 2.57. The van der Waals surface area contributed by atoms with Gasteiger partial charge in [-0.25, -0.2) is 0 Å². The molecule has 0 saturated carbocycles. The molecule has 0 bridgehead atoms. The summed E-state index contributed by atoms with van der Waals surface area (Å²) in [5, 5.41) is 1.82. The average Bonchev–Trinajstić information content (AvgIpc) is 2.20. The van der Waals surface area contributed by atoms with Crippen LogP contribution in [0.1, 0.15) is 61.3 Å². The van der Waals surface area contributed by atoms with E-state index in [4.69, 9.17) is 0 Å². The second-order valence-electron chi connectivity index (χ2n) is 6.59. The van der Waals surface area contributed by atoms with Gasteiger partial charge in [-0.05, 0) is 36.4 Å². The molecule has 0 heterocycles. The van der Waals surface area contributed by atoms with Crippen molar-refractivity contribution in [3.05, 3.63) is 22.9 Å². The third-order valence-corrected chi connectivity index (χ3v) is 12.0. The summed E-state index contributed by atoms with van der Waals surface area (Å²) in [6.45, 7) is 17.0. The highest BCUT2D eigenvalue weighted by atomic mass is 28.3. The van der Waals surface area contributed by atoms with Gasteiger partial charge in [0.25, 0.3) is 0 Å². The van der Waals surface area contributed by atoms with E-state index in [1.165, 1.54) is 12.8 Å². The van der Waals surface area contributed by atoms with Crippen molar-refractivity contribution in [3.8, 4) is 0 Å². The van der Waals surface area contributed by atoms with Crippen molar-refractivity contribution in [2.75, 3.05) is 0 Å². The van der Waals surface area contributed by atoms with Gasteiger partial charge in [0.15, 0.2) is 0 Å². The van der Waals surface area contributed by atoms with Gasteiger partial charge in [0.1, 0.15) is 0 Å². The van der Waals surface area contributed by atoms with Crippen LogP contribution in [0, 0.1) is 0 Å². The van der Waals surface area contributed by atoms with E-state index in [0.29, 0.717) is 0 Å². The lowest BCUT2D eigenvalue weighted by Crippen LogP contribution is -2.47. The van der Waals surface area contributed by atoms with E-state index in [1.54, 1.807) is 5.57 Å². The standard InChI is InChI=1S/C16H30Si/c1-12(2)17(13(3)4,14(5)6)16-10-8-15(7)9-11-16/h8,11-14H,9-10H2,1-7H3. The smallest absolute Gasteiger partial charge is 0.0847 e. The summed E-state index contributed by atoms with van der Waals surface area (Å²) in [6, 6.07) is 0. The van der Waals surface area contributed by atoms with Crippen LogP contribution in [0.3, 0.4) is 0 Å². The van der Waals surface area contributed by atoms with E-state index < -0.39 is 8.07 Å². The Bertz CT molecular complexity index is 297. The molecule has 0 amide bonds. The van der Waals surface area contributed by atoms with Crippen LogP contribution in [0.15, 0.2) is 22.9 Å². The summed E-state index contributed by atoms with van der Waals surface area (Å²) in [7, 11) is -1.34. The van der Waals surface area contributed by atoms with Crippen LogP contribution in [0.5, 0.6) is 0 Å². The Morgan fingerprint density at radius 1 is 0.824 bits per heavy atom. The summed E-state index contributed by atoms with van der Waals surface area (Å²) in [4.78, 5) is 0. The van der Waals surface area contributed by atoms with E-state index in [2.05, 4.69) is 60.6 Å². The number of allylic oxidation sites excluding steroid dienone is 4. The first-order valence-electron chi connectivity index (χ1n) is 7.18. The molecule has 0 saturated heterocycles. The SMILES string of the molecule is CC1=CCC([Si](C(C)C)(C(C)C)C(C)C)=CC1. The minimum atomic E-state index is -1.34. The molecule has 0 spiro atoms. The Labute approximate surface area is 109 Å². The number of rotatable bonds is 4. The van der Waals surface area contributed by atoms with Crippen LogP contribution in [0.4, 0.5) is 0 Å². The van der Waals surface area contributed by atoms with Crippen LogP contribution in [0.25, 0.3) is 0 Å². The van der Waals surface area contributed by atoms with Crippen molar-refractivity contribution >= 4 is 8.07 Å². The van der Waals surface area contributed by atoms with Crippen LogP contribution < -0.4 is 0 Å². The highest BCUT2D eigenvalue weighted by molar-refractivity contribution is 6.89. The predicted octanol–water partition coefficient (Wildman–Crippen LogP) is 5.87. The van der Waals surface area contributed by atoms with E-state index in [1.807, 2.05) is 5.20 Å². The molecule has 1 aliphatic rings. The van der Waals surface area contributed by atoms with Crippen LogP contribution in [-0.2, 0) is 0 Å². The van der Waals surface area contributed by atoms with E-state index in [-0.39, 0.29) is 0 Å². The molecule has 0 aromatic carbocycles. The largest absolute Gasteiger partial charge is 0.0891 e. The van der Waals surface area contributed by atoms with Gasteiger partial charge in [0.2, 0.25) is 0 Å². The first-order chi connectivity index (χ1) is 7.83. The first-order valence-corrected chi connectivity index (χ1v) is 9.41. The van der Waals surface area contributed by atoms with Crippen molar-refractivity contribution < 1.29 is 0 Å². The average molecular weight is 251 g/mol. The van der Waals surface area contributed by atoms with Gasteiger partial charge in [-0.15, -0.1) is 0 Å². The molecule has 1 aliphatic carbocycles. The lowest BCUT2D eigenvalue weighted by Gasteiger charge is -2.46. The molecule has 17 heavy (non-hydrogen) atoms. The first kappa shape index (κ1) is 14.8. The van der Waals surface area contributed by atoms with Gasteiger partial charge < -0.3 is 0 Å². The third kappa shape index (κ3) is 2.59. The molecule has 1 heteroatoms. The van der Waals surface area contributed by atoms with Gasteiger partial charge in [-0.3, -0.25) is 0 Å². The fraction of sp³-hybridized carbons (Fsp3) is 0.750. The van der Waals surface area contributed by atoms with Crippen molar-refractivity contribution in [1.82, 2.24) is 0 Å². The van der Waals surface area contributed by atoms with Gasteiger partial charge >= 0.3 is 0 Å². The topological polar surface area (TPSA) is 0 Å². The molecular formula is C16H30Si. The lowest BCUT2D eigenvalue weighted by atomic mass is 10.1. The number of hydrogen-bond donors (Lipinski definition) is 0. The van der Waals surface area contributed by atoms with Gasteiger partial charge in [-0.1, -0.05) is 64.5 Å². The highest BCUT2D eigenvalue weighted by Gasteiger charge is 2.45. The molecule has 0 atom stereocenters. The zero-order valence-corrected chi connectivity index (χ0v) is 13.8. The van der Waals surface area contributed by atoms with Gasteiger partial charge in [0.05, 0.1) is 8.07 Å². The normalized spacial score (nSPS) is 17.8. The van der Waals surface area contributed by atoms with Gasteiger partial charge in [0, 0.05) is 0 Å². The monoisotopic (exact) mass is 250 g/mol. The van der Waals surface area contributed by atoms with Crippen LogP contribution in [-0.4, -0.2) is 8.07 Å². The summed E-state index contributed by atoms with van der Waals surface area (Å²) in [5.41, 5.74) is 4.09. The zero-order chi connectivity index (χ0) is 13.2. The zero-order valence-electron chi connectivity index (χ0n) is 12.8. The number of hydrogen-bond acceptors (Lipinski definition) is 0.